The molecule has 0 atom stereocenters. The summed E-state index contributed by atoms with van der Waals surface area (Å²) >= 11 is 1.78. The summed E-state index contributed by atoms with van der Waals surface area (Å²) in [5, 5.41) is 7.84. The molecular weight excluding hydrogens is 384 g/mol. The lowest BCUT2D eigenvalue weighted by molar-refractivity contribution is 0.352. The van der Waals surface area contributed by atoms with Crippen LogP contribution < -0.4 is 20.1 Å². The second-order valence-corrected chi connectivity index (χ2v) is 7.63. The third-order valence-corrected chi connectivity index (χ3v) is 5.53. The SMILES string of the molecule is C=CCc1cc(CN=C(NCC)NCCc2ncc(CC)s2)cc(OC)c1OC. The maximum absolute atomic E-state index is 5.51. The van der Waals surface area contributed by atoms with Crippen LogP contribution in [0.5, 0.6) is 11.5 Å². The standard InChI is InChI=1S/C22H32N4O2S/c1-6-9-17-12-16(13-19(27-4)21(17)28-5)14-26-22(23-8-3)24-11-10-20-25-15-18(7-2)29-20/h6,12-13,15H,1,7-11,14H2,2-5H3,(H2,23,24,26). The summed E-state index contributed by atoms with van der Waals surface area (Å²) in [6, 6.07) is 4.07. The molecule has 0 radical (unpaired) electrons. The number of guanidine groups is 1. The van der Waals surface area contributed by atoms with Crippen LogP contribution >= 0.6 is 11.3 Å². The van der Waals surface area contributed by atoms with E-state index in [4.69, 9.17) is 14.5 Å². The van der Waals surface area contributed by atoms with Crippen LogP contribution in [0.1, 0.15) is 34.9 Å². The van der Waals surface area contributed by atoms with E-state index in [2.05, 4.69) is 42.1 Å². The fraction of sp³-hybridized carbons (Fsp3) is 0.455. The van der Waals surface area contributed by atoms with Crippen molar-refractivity contribution in [2.24, 2.45) is 4.99 Å². The highest BCUT2D eigenvalue weighted by atomic mass is 32.1. The van der Waals surface area contributed by atoms with Crippen molar-refractivity contribution in [1.29, 1.82) is 0 Å². The molecule has 0 fully saturated rings. The molecule has 7 heteroatoms. The van der Waals surface area contributed by atoms with Crippen LogP contribution in [0.2, 0.25) is 0 Å². The molecule has 158 valence electrons. The first-order valence-electron chi connectivity index (χ1n) is 9.95. The Bertz CT molecular complexity index is 817. The fourth-order valence-electron chi connectivity index (χ4n) is 2.93. The van der Waals surface area contributed by atoms with Gasteiger partial charge in [0.25, 0.3) is 0 Å². The quantitative estimate of drug-likeness (QED) is 0.332. The second-order valence-electron chi connectivity index (χ2n) is 6.43. The summed E-state index contributed by atoms with van der Waals surface area (Å²) in [6.07, 6.45) is 6.46. The molecule has 0 amide bonds. The number of methoxy groups -OCH3 is 2. The predicted octanol–water partition coefficient (Wildman–Crippen LogP) is 3.75. The monoisotopic (exact) mass is 416 g/mol. The highest BCUT2D eigenvalue weighted by Crippen LogP contribution is 2.33. The van der Waals surface area contributed by atoms with E-state index in [1.807, 2.05) is 18.3 Å². The minimum absolute atomic E-state index is 0.539. The van der Waals surface area contributed by atoms with Gasteiger partial charge in [-0.3, -0.25) is 0 Å². The first-order valence-corrected chi connectivity index (χ1v) is 10.8. The summed E-state index contributed by atoms with van der Waals surface area (Å²) < 4.78 is 11.0. The van der Waals surface area contributed by atoms with Crippen molar-refractivity contribution < 1.29 is 9.47 Å². The fourth-order valence-corrected chi connectivity index (χ4v) is 3.79. The summed E-state index contributed by atoms with van der Waals surface area (Å²) in [4.78, 5) is 10.5. The van der Waals surface area contributed by atoms with E-state index in [-0.39, 0.29) is 0 Å². The zero-order valence-corrected chi connectivity index (χ0v) is 18.7. The number of nitrogens with zero attached hydrogens (tertiary/aromatic N) is 2. The molecule has 0 bridgehead atoms. The highest BCUT2D eigenvalue weighted by Gasteiger charge is 2.11. The van der Waals surface area contributed by atoms with Crippen molar-refractivity contribution in [1.82, 2.24) is 15.6 Å². The van der Waals surface area contributed by atoms with E-state index in [9.17, 15) is 0 Å². The maximum Gasteiger partial charge on any atom is 0.191 e. The smallest absolute Gasteiger partial charge is 0.191 e. The molecule has 2 aromatic rings. The van der Waals surface area contributed by atoms with Gasteiger partial charge in [-0.1, -0.05) is 13.0 Å². The van der Waals surface area contributed by atoms with Gasteiger partial charge in [0.2, 0.25) is 0 Å². The summed E-state index contributed by atoms with van der Waals surface area (Å²) in [5.41, 5.74) is 2.10. The van der Waals surface area contributed by atoms with Gasteiger partial charge in [0, 0.05) is 36.1 Å². The Morgan fingerprint density at radius 1 is 1.24 bits per heavy atom. The lowest BCUT2D eigenvalue weighted by Crippen LogP contribution is -2.38. The Balaban J connectivity index is 2.06. The maximum atomic E-state index is 5.51. The number of hydrogen-bond donors (Lipinski definition) is 2. The number of nitrogens with one attached hydrogen (secondary N) is 2. The molecule has 1 aromatic carbocycles. The Kier molecular flexibility index (Phi) is 9.50. The van der Waals surface area contributed by atoms with Crippen LogP contribution in [0.15, 0.2) is 36.0 Å². The van der Waals surface area contributed by atoms with Gasteiger partial charge in [-0.05, 0) is 37.5 Å². The number of aryl methyl sites for hydroxylation is 1. The molecule has 0 spiro atoms. The number of hydrogen-bond acceptors (Lipinski definition) is 5. The van der Waals surface area contributed by atoms with Crippen molar-refractivity contribution >= 4 is 17.3 Å². The van der Waals surface area contributed by atoms with Gasteiger partial charge >= 0.3 is 0 Å². The number of benzene rings is 1. The second kappa shape index (κ2) is 12.1. The minimum atomic E-state index is 0.539. The van der Waals surface area contributed by atoms with Crippen molar-refractivity contribution in [2.45, 2.75) is 39.7 Å². The first-order chi connectivity index (χ1) is 14.1. The van der Waals surface area contributed by atoms with Crippen LogP contribution in [0, 0.1) is 0 Å². The summed E-state index contributed by atoms with van der Waals surface area (Å²) in [7, 11) is 3.30. The molecule has 0 unspecified atom stereocenters. The van der Waals surface area contributed by atoms with E-state index >= 15 is 0 Å². The molecule has 0 aliphatic rings. The molecule has 29 heavy (non-hydrogen) atoms. The van der Waals surface area contributed by atoms with Gasteiger partial charge in [-0.15, -0.1) is 17.9 Å². The first kappa shape index (κ1) is 22.7. The zero-order valence-electron chi connectivity index (χ0n) is 17.9. The van der Waals surface area contributed by atoms with Gasteiger partial charge in [0.15, 0.2) is 17.5 Å². The molecule has 0 saturated heterocycles. The van der Waals surface area contributed by atoms with Gasteiger partial charge in [0.05, 0.1) is 25.8 Å². The minimum Gasteiger partial charge on any atom is -0.493 e. The summed E-state index contributed by atoms with van der Waals surface area (Å²) in [6.45, 7) is 10.2. The van der Waals surface area contributed by atoms with Crippen LogP contribution in [0.4, 0.5) is 0 Å². The lowest BCUT2D eigenvalue weighted by atomic mass is 10.1. The van der Waals surface area contributed by atoms with Crippen molar-refractivity contribution in [3.05, 3.63) is 52.0 Å². The number of thiazole rings is 1. The third kappa shape index (κ3) is 6.78. The number of aliphatic imine (C=N–C) groups is 1. The van der Waals surface area contributed by atoms with E-state index in [0.29, 0.717) is 18.7 Å². The molecule has 1 heterocycles. The largest absolute Gasteiger partial charge is 0.493 e. The number of ether oxygens (including phenoxy) is 2. The van der Waals surface area contributed by atoms with E-state index in [1.165, 1.54) is 4.88 Å². The van der Waals surface area contributed by atoms with Crippen molar-refractivity contribution in [3.63, 3.8) is 0 Å². The Morgan fingerprint density at radius 3 is 2.69 bits per heavy atom. The van der Waals surface area contributed by atoms with Gasteiger partial charge in [-0.25, -0.2) is 9.98 Å². The molecule has 2 N–H and O–H groups in total. The topological polar surface area (TPSA) is 67.8 Å². The average Bonchev–Trinajstić information content (AvgIpc) is 3.19. The van der Waals surface area contributed by atoms with Gasteiger partial charge in [-0.2, -0.15) is 0 Å². The molecule has 0 saturated carbocycles. The van der Waals surface area contributed by atoms with Crippen LogP contribution in [-0.2, 0) is 25.8 Å². The third-order valence-electron chi connectivity index (χ3n) is 4.33. The Morgan fingerprint density at radius 2 is 2.07 bits per heavy atom. The lowest BCUT2D eigenvalue weighted by Gasteiger charge is -2.14. The molecule has 0 aliphatic heterocycles. The molecule has 6 nitrogen and oxygen atoms in total. The molecule has 2 rings (SSSR count). The van der Waals surface area contributed by atoms with Crippen molar-refractivity contribution in [2.75, 3.05) is 27.3 Å². The number of allylic oxidation sites excluding steroid dienone is 1. The Hall–Kier alpha value is -2.54. The average molecular weight is 417 g/mol. The number of aromatic nitrogens is 1. The highest BCUT2D eigenvalue weighted by molar-refractivity contribution is 7.11. The molecule has 0 aliphatic carbocycles. The molecule has 1 aromatic heterocycles. The van der Waals surface area contributed by atoms with Gasteiger partial charge < -0.3 is 20.1 Å². The normalized spacial score (nSPS) is 11.2. The Labute approximate surface area is 178 Å². The zero-order chi connectivity index (χ0) is 21.1. The van der Waals surface area contributed by atoms with E-state index in [1.54, 1.807) is 25.6 Å². The predicted molar refractivity (Wildman–Crippen MR) is 121 cm³/mol. The van der Waals surface area contributed by atoms with E-state index < -0.39 is 0 Å². The van der Waals surface area contributed by atoms with Crippen LogP contribution in [0.3, 0.4) is 0 Å². The van der Waals surface area contributed by atoms with E-state index in [0.717, 1.165) is 53.8 Å². The summed E-state index contributed by atoms with van der Waals surface area (Å²) in [5.74, 6) is 2.25. The van der Waals surface area contributed by atoms with Crippen molar-refractivity contribution in [3.8, 4) is 11.5 Å². The van der Waals surface area contributed by atoms with Gasteiger partial charge in [0.1, 0.15) is 0 Å². The number of rotatable bonds is 11. The molecular formula is C22H32N4O2S. The van der Waals surface area contributed by atoms with Crippen LogP contribution in [0.25, 0.3) is 0 Å². The van der Waals surface area contributed by atoms with Crippen LogP contribution in [-0.4, -0.2) is 38.3 Å².